The number of amides is 4. The van der Waals surface area contributed by atoms with Gasteiger partial charge < -0.3 is 14.6 Å². The molecule has 0 aromatic heterocycles. The Morgan fingerprint density at radius 1 is 0.971 bits per heavy atom. The first-order valence-electron chi connectivity index (χ1n) is 10.0. The normalized spacial score (nSPS) is 14.8. The molecule has 3 aromatic rings. The van der Waals surface area contributed by atoms with Crippen LogP contribution in [0.4, 0.5) is 14.9 Å². The Morgan fingerprint density at radius 3 is 2.32 bits per heavy atom. The number of nitrogens with zero attached hydrogens (tertiary/aromatic N) is 1. The molecule has 1 heterocycles. The SMILES string of the molecule is O=C1NC(=O)N(c2ccc(C(=O)[O-])cc2)C(=O)/C1=C/c1ccccc1OCc1ccc(F)cc1. The number of anilines is 1. The average molecular weight is 459 g/mol. The van der Waals surface area contributed by atoms with Gasteiger partial charge in [0.2, 0.25) is 0 Å². The van der Waals surface area contributed by atoms with Gasteiger partial charge in [0, 0.05) is 5.56 Å². The molecule has 1 saturated heterocycles. The Hall–Kier alpha value is -4.79. The molecule has 170 valence electrons. The fourth-order valence-corrected chi connectivity index (χ4v) is 3.27. The van der Waals surface area contributed by atoms with E-state index in [0.717, 1.165) is 4.90 Å². The summed E-state index contributed by atoms with van der Waals surface area (Å²) >= 11 is 0. The van der Waals surface area contributed by atoms with Crippen LogP contribution in [0.5, 0.6) is 5.75 Å². The summed E-state index contributed by atoms with van der Waals surface area (Å²) in [7, 11) is 0. The van der Waals surface area contributed by atoms with Crippen LogP contribution < -0.4 is 20.1 Å². The molecule has 1 fully saturated rings. The quantitative estimate of drug-likeness (QED) is 0.447. The van der Waals surface area contributed by atoms with Crippen LogP contribution in [0, 0.1) is 5.82 Å². The van der Waals surface area contributed by atoms with Gasteiger partial charge in [-0.1, -0.05) is 42.5 Å². The Labute approximate surface area is 192 Å². The highest BCUT2D eigenvalue weighted by Gasteiger charge is 2.37. The lowest BCUT2D eigenvalue weighted by molar-refractivity contribution is -0.255. The molecule has 0 atom stereocenters. The summed E-state index contributed by atoms with van der Waals surface area (Å²) < 4.78 is 18.9. The van der Waals surface area contributed by atoms with Gasteiger partial charge in [0.25, 0.3) is 11.8 Å². The van der Waals surface area contributed by atoms with Gasteiger partial charge >= 0.3 is 6.03 Å². The van der Waals surface area contributed by atoms with Crippen molar-refractivity contribution < 1.29 is 33.4 Å². The zero-order valence-electron chi connectivity index (χ0n) is 17.5. The van der Waals surface area contributed by atoms with E-state index in [2.05, 4.69) is 5.32 Å². The van der Waals surface area contributed by atoms with Crippen LogP contribution in [0.25, 0.3) is 6.08 Å². The number of nitrogens with one attached hydrogen (secondary N) is 1. The van der Waals surface area contributed by atoms with Crippen molar-refractivity contribution in [1.82, 2.24) is 5.32 Å². The minimum Gasteiger partial charge on any atom is -0.545 e. The highest BCUT2D eigenvalue weighted by molar-refractivity contribution is 6.39. The monoisotopic (exact) mass is 459 g/mol. The van der Waals surface area contributed by atoms with Gasteiger partial charge in [0.05, 0.1) is 11.7 Å². The molecule has 1 aliphatic rings. The van der Waals surface area contributed by atoms with Crippen LogP contribution >= 0.6 is 0 Å². The van der Waals surface area contributed by atoms with E-state index in [1.807, 2.05) is 0 Å². The number of urea groups is 1. The Balaban J connectivity index is 1.62. The van der Waals surface area contributed by atoms with E-state index in [9.17, 15) is 28.7 Å². The van der Waals surface area contributed by atoms with Crippen LogP contribution in [-0.4, -0.2) is 23.8 Å². The third kappa shape index (κ3) is 4.68. The summed E-state index contributed by atoms with van der Waals surface area (Å²) in [5, 5.41) is 13.1. The molecule has 0 unspecified atom stereocenters. The lowest BCUT2D eigenvalue weighted by Crippen LogP contribution is -2.54. The topological polar surface area (TPSA) is 116 Å². The molecule has 4 rings (SSSR count). The maximum absolute atomic E-state index is 13.1. The fourth-order valence-electron chi connectivity index (χ4n) is 3.27. The predicted molar refractivity (Wildman–Crippen MR) is 117 cm³/mol. The van der Waals surface area contributed by atoms with Crippen molar-refractivity contribution in [2.45, 2.75) is 6.61 Å². The van der Waals surface area contributed by atoms with Gasteiger partial charge in [0.15, 0.2) is 0 Å². The molecule has 0 spiro atoms. The van der Waals surface area contributed by atoms with E-state index in [-0.39, 0.29) is 29.2 Å². The molecule has 8 nitrogen and oxygen atoms in total. The van der Waals surface area contributed by atoms with Crippen molar-refractivity contribution in [2.75, 3.05) is 4.90 Å². The number of hydrogen-bond acceptors (Lipinski definition) is 6. The van der Waals surface area contributed by atoms with Gasteiger partial charge in [-0.3, -0.25) is 14.9 Å². The van der Waals surface area contributed by atoms with E-state index in [1.54, 1.807) is 36.4 Å². The first kappa shape index (κ1) is 22.4. The summed E-state index contributed by atoms with van der Waals surface area (Å²) in [6, 6.07) is 16.3. The molecule has 0 radical (unpaired) electrons. The van der Waals surface area contributed by atoms with Gasteiger partial charge in [0.1, 0.15) is 23.7 Å². The first-order valence-corrected chi connectivity index (χ1v) is 10.0. The Bertz CT molecular complexity index is 1320. The van der Waals surface area contributed by atoms with Crippen molar-refractivity contribution in [3.63, 3.8) is 0 Å². The number of para-hydroxylation sites is 1. The second-order valence-electron chi connectivity index (χ2n) is 7.25. The number of ether oxygens (including phenoxy) is 1. The lowest BCUT2D eigenvalue weighted by atomic mass is 10.1. The first-order chi connectivity index (χ1) is 16.3. The van der Waals surface area contributed by atoms with Crippen LogP contribution in [0.1, 0.15) is 21.5 Å². The highest BCUT2D eigenvalue weighted by Crippen LogP contribution is 2.26. The molecule has 4 amide bonds. The Kier molecular flexibility index (Phi) is 6.18. The molecular weight excluding hydrogens is 443 g/mol. The maximum Gasteiger partial charge on any atom is 0.335 e. The smallest absolute Gasteiger partial charge is 0.335 e. The predicted octanol–water partition coefficient (Wildman–Crippen LogP) is 2.43. The molecule has 0 aliphatic carbocycles. The number of imide groups is 2. The second kappa shape index (κ2) is 9.37. The molecule has 3 aromatic carbocycles. The van der Waals surface area contributed by atoms with E-state index in [4.69, 9.17) is 4.74 Å². The van der Waals surface area contributed by atoms with Crippen LogP contribution in [0.3, 0.4) is 0 Å². The minimum absolute atomic E-state index is 0.0757. The molecular formula is C25H16FN2O6-. The van der Waals surface area contributed by atoms with Crippen molar-refractivity contribution >= 4 is 35.6 Å². The van der Waals surface area contributed by atoms with Crippen molar-refractivity contribution in [1.29, 1.82) is 0 Å². The average Bonchev–Trinajstić information content (AvgIpc) is 2.82. The maximum atomic E-state index is 13.1. The van der Waals surface area contributed by atoms with E-state index < -0.39 is 23.8 Å². The number of barbiturate groups is 1. The summed E-state index contributed by atoms with van der Waals surface area (Å²) in [4.78, 5) is 49.5. The van der Waals surface area contributed by atoms with E-state index >= 15 is 0 Å². The number of halogens is 1. The summed E-state index contributed by atoms with van der Waals surface area (Å²) in [6.07, 6.45) is 1.30. The number of carboxylic acid groups (broad SMARTS) is 1. The van der Waals surface area contributed by atoms with Gasteiger partial charge in [-0.25, -0.2) is 14.1 Å². The third-order valence-corrected chi connectivity index (χ3v) is 4.99. The number of aromatic carboxylic acids is 1. The van der Waals surface area contributed by atoms with Gasteiger partial charge in [-0.2, -0.15) is 0 Å². The van der Waals surface area contributed by atoms with Crippen molar-refractivity contribution in [3.05, 3.63) is 101 Å². The lowest BCUT2D eigenvalue weighted by Gasteiger charge is -2.26. The molecule has 1 aliphatic heterocycles. The molecule has 0 bridgehead atoms. The number of carboxylic acids is 1. The van der Waals surface area contributed by atoms with Crippen LogP contribution in [0.15, 0.2) is 78.4 Å². The van der Waals surface area contributed by atoms with Crippen molar-refractivity contribution in [2.24, 2.45) is 0 Å². The number of hydrogen-bond donors (Lipinski definition) is 1. The van der Waals surface area contributed by atoms with Gasteiger partial charge in [-0.15, -0.1) is 0 Å². The zero-order chi connectivity index (χ0) is 24.2. The Morgan fingerprint density at radius 2 is 1.65 bits per heavy atom. The number of carbonyl (C=O) groups excluding carboxylic acids is 4. The molecule has 0 saturated carbocycles. The number of rotatable bonds is 6. The molecule has 1 N–H and O–H groups in total. The third-order valence-electron chi connectivity index (χ3n) is 4.99. The number of benzene rings is 3. The second-order valence-corrected chi connectivity index (χ2v) is 7.25. The summed E-state index contributed by atoms with van der Waals surface area (Å²) in [5.41, 5.74) is 0.748. The largest absolute Gasteiger partial charge is 0.545 e. The van der Waals surface area contributed by atoms with Gasteiger partial charge in [-0.05, 0) is 47.5 Å². The van der Waals surface area contributed by atoms with E-state index in [1.165, 1.54) is 42.5 Å². The van der Waals surface area contributed by atoms with Crippen molar-refractivity contribution in [3.8, 4) is 5.75 Å². The van der Waals surface area contributed by atoms with Crippen LogP contribution in [0.2, 0.25) is 0 Å². The minimum atomic E-state index is -1.41. The summed E-state index contributed by atoms with van der Waals surface area (Å²) in [6.45, 7) is 0.121. The fraction of sp³-hybridized carbons (Fsp3) is 0.0400. The summed E-state index contributed by atoms with van der Waals surface area (Å²) in [5.74, 6) is -3.19. The molecule has 9 heteroatoms. The standard InChI is InChI=1S/C25H17FN2O6/c26-18-9-5-15(6-10-18)14-34-21-4-2-1-3-17(21)13-20-22(29)27-25(33)28(23(20)30)19-11-7-16(8-12-19)24(31)32/h1-13H,14H2,(H,31,32)(H,27,29,33)/p-1/b20-13+. The van der Waals surface area contributed by atoms with E-state index in [0.29, 0.717) is 16.9 Å². The highest BCUT2D eigenvalue weighted by atomic mass is 19.1. The number of carbonyl (C=O) groups is 4. The van der Waals surface area contributed by atoms with Crippen LogP contribution in [-0.2, 0) is 16.2 Å². The molecule has 34 heavy (non-hydrogen) atoms. The zero-order valence-corrected chi connectivity index (χ0v) is 17.5.